The van der Waals surface area contributed by atoms with Crippen LogP contribution in [0.4, 0.5) is 0 Å². The predicted molar refractivity (Wildman–Crippen MR) is 97.2 cm³/mol. The zero-order chi connectivity index (χ0) is 18.5. The minimum atomic E-state index is -0.762. The van der Waals surface area contributed by atoms with Crippen LogP contribution in [0.25, 0.3) is 17.5 Å². The Bertz CT molecular complexity index is 915. The smallest absolute Gasteiger partial charge is 0.351 e. The minimum Gasteiger partial charge on any atom is -0.494 e. The Balaban J connectivity index is 1.78. The fourth-order valence-electron chi connectivity index (χ4n) is 2.68. The summed E-state index contributed by atoms with van der Waals surface area (Å²) in [6, 6.07) is 1.59. The third-order valence-electron chi connectivity index (χ3n) is 4.00. The monoisotopic (exact) mass is 378 g/mol. The number of nitrogens with one attached hydrogen (secondary N) is 1. The molecule has 0 spiro atoms. The molecule has 0 bridgehead atoms. The highest BCUT2D eigenvalue weighted by molar-refractivity contribution is 6.22. The fraction of sp³-hybridized carbons (Fsp3) is 0.389. The van der Waals surface area contributed by atoms with Crippen LogP contribution in [0.3, 0.4) is 0 Å². The topological polar surface area (TPSA) is 105 Å². The summed E-state index contributed by atoms with van der Waals surface area (Å²) < 4.78 is 11.4. The lowest BCUT2D eigenvalue weighted by molar-refractivity contribution is 0.213. The molecule has 26 heavy (non-hydrogen) atoms. The van der Waals surface area contributed by atoms with Crippen molar-refractivity contribution < 1.29 is 14.3 Å². The molecular formula is C18H19ClN2O5. The molecule has 0 saturated heterocycles. The Morgan fingerprint density at radius 2 is 2.04 bits per heavy atom. The predicted octanol–water partition coefficient (Wildman–Crippen LogP) is 2.59. The summed E-state index contributed by atoms with van der Waals surface area (Å²) in [5.74, 6) is 0.960. The van der Waals surface area contributed by atoms with Gasteiger partial charge in [-0.25, -0.2) is 4.79 Å². The maximum atomic E-state index is 11.9. The number of allylic oxidation sites excluding steroid dienone is 2. The first-order valence-corrected chi connectivity index (χ1v) is 8.88. The van der Waals surface area contributed by atoms with Crippen molar-refractivity contribution in [3.8, 4) is 11.5 Å². The van der Waals surface area contributed by atoms with E-state index in [1.54, 1.807) is 24.3 Å². The Labute approximate surface area is 154 Å². The summed E-state index contributed by atoms with van der Waals surface area (Å²) in [6.07, 6.45) is 8.85. The number of alkyl halides is 1. The number of H-pyrrole nitrogens is 1. The highest BCUT2D eigenvalue weighted by atomic mass is 35.5. The molecule has 0 aromatic carbocycles. The minimum absolute atomic E-state index is 0.0433. The fourth-order valence-corrected chi connectivity index (χ4v) is 2.98. The molecular weight excluding hydrogens is 360 g/mol. The SMILES string of the molecule is O=c1nc2oc3c(cc-2c(=O)[nH]1)C=CC(OCCCCCCO)=CC3Cl. The van der Waals surface area contributed by atoms with Gasteiger partial charge in [-0.05, 0) is 43.6 Å². The van der Waals surface area contributed by atoms with Crippen LogP contribution < -0.4 is 11.2 Å². The van der Waals surface area contributed by atoms with Crippen molar-refractivity contribution in [1.29, 1.82) is 0 Å². The van der Waals surface area contributed by atoms with Crippen LogP contribution in [0.1, 0.15) is 42.4 Å². The number of unbranched alkanes of at least 4 members (excludes halogenated alkanes) is 3. The number of aromatic amines is 1. The van der Waals surface area contributed by atoms with Crippen molar-refractivity contribution in [3.63, 3.8) is 0 Å². The molecule has 3 rings (SSSR count). The number of halogens is 1. The third kappa shape index (κ3) is 4.23. The highest BCUT2D eigenvalue weighted by Crippen LogP contribution is 2.34. The van der Waals surface area contributed by atoms with Crippen LogP contribution in [0.15, 0.2) is 38.0 Å². The maximum Gasteiger partial charge on any atom is 0.351 e. The lowest BCUT2D eigenvalue weighted by atomic mass is 10.1. The van der Waals surface area contributed by atoms with E-state index < -0.39 is 16.6 Å². The second kappa shape index (κ2) is 8.33. The van der Waals surface area contributed by atoms with E-state index in [1.165, 1.54) is 0 Å². The number of fused-ring (bicyclic) bond motifs is 2. The van der Waals surface area contributed by atoms with Crippen LogP contribution in [-0.2, 0) is 4.74 Å². The molecule has 1 atom stereocenters. The molecule has 2 heterocycles. The molecule has 0 amide bonds. The lowest BCUT2D eigenvalue weighted by Crippen LogP contribution is -2.25. The largest absolute Gasteiger partial charge is 0.494 e. The van der Waals surface area contributed by atoms with Crippen molar-refractivity contribution in [2.24, 2.45) is 0 Å². The number of rotatable bonds is 7. The molecule has 138 valence electrons. The van der Waals surface area contributed by atoms with Crippen LogP contribution in [0.2, 0.25) is 0 Å². The standard InChI is InChI=1S/C18H19ClN2O5/c19-14-10-12(25-8-4-2-1-3-7-22)6-5-11-9-13-16(23)20-18(24)21-17(13)26-15(11)14/h5-6,9-10,14,22H,1-4,7-8H2,(H,20,23,24). The van der Waals surface area contributed by atoms with Crippen molar-refractivity contribution >= 4 is 17.7 Å². The molecule has 0 saturated carbocycles. The molecule has 0 aromatic rings. The average molecular weight is 379 g/mol. The molecule has 2 N–H and O–H groups in total. The number of aromatic nitrogens is 2. The van der Waals surface area contributed by atoms with Gasteiger partial charge in [0.1, 0.15) is 22.5 Å². The van der Waals surface area contributed by atoms with Gasteiger partial charge in [0.15, 0.2) is 0 Å². The van der Waals surface area contributed by atoms with E-state index in [1.807, 2.05) is 0 Å². The van der Waals surface area contributed by atoms with Gasteiger partial charge in [-0.1, -0.05) is 6.42 Å². The van der Waals surface area contributed by atoms with E-state index in [-0.39, 0.29) is 18.1 Å². The summed E-state index contributed by atoms with van der Waals surface area (Å²) in [5, 5.41) is 8.14. The number of hydrogen-bond donors (Lipinski definition) is 2. The zero-order valence-corrected chi connectivity index (χ0v) is 14.8. The Morgan fingerprint density at radius 3 is 2.85 bits per heavy atom. The molecule has 2 aliphatic heterocycles. The zero-order valence-electron chi connectivity index (χ0n) is 14.0. The van der Waals surface area contributed by atoms with Crippen LogP contribution in [0.5, 0.6) is 0 Å². The van der Waals surface area contributed by atoms with E-state index in [2.05, 4.69) is 9.97 Å². The van der Waals surface area contributed by atoms with Gasteiger partial charge in [0, 0.05) is 12.2 Å². The summed E-state index contributed by atoms with van der Waals surface area (Å²) >= 11 is 6.40. The van der Waals surface area contributed by atoms with E-state index in [9.17, 15) is 9.59 Å². The molecule has 8 heteroatoms. The van der Waals surface area contributed by atoms with Gasteiger partial charge in [0.2, 0.25) is 5.89 Å². The van der Waals surface area contributed by atoms with Gasteiger partial charge < -0.3 is 14.3 Å². The number of aliphatic hydroxyl groups excluding tert-OH is 1. The molecule has 3 aliphatic rings. The van der Waals surface area contributed by atoms with E-state index in [0.29, 0.717) is 23.7 Å². The molecule has 0 radical (unpaired) electrons. The number of nitrogens with zero attached hydrogens (tertiary/aromatic N) is 1. The second-order valence-corrected chi connectivity index (χ2v) is 6.42. The Kier molecular flexibility index (Phi) is 5.90. The number of hydrogen-bond acceptors (Lipinski definition) is 6. The first kappa shape index (κ1) is 18.4. The van der Waals surface area contributed by atoms with Gasteiger partial charge in [0.25, 0.3) is 5.56 Å². The van der Waals surface area contributed by atoms with Crippen LogP contribution in [0, 0.1) is 0 Å². The summed E-state index contributed by atoms with van der Waals surface area (Å²) in [7, 11) is 0. The van der Waals surface area contributed by atoms with E-state index in [0.717, 1.165) is 25.7 Å². The molecule has 1 unspecified atom stereocenters. The lowest BCUT2D eigenvalue weighted by Gasteiger charge is -2.11. The van der Waals surface area contributed by atoms with Crippen molar-refractivity contribution in [2.75, 3.05) is 13.2 Å². The molecule has 1 aliphatic carbocycles. The number of aliphatic hydroxyl groups is 1. The summed E-state index contributed by atoms with van der Waals surface area (Å²) in [5.41, 5.74) is -0.503. The van der Waals surface area contributed by atoms with Gasteiger partial charge in [-0.15, -0.1) is 11.6 Å². The second-order valence-electron chi connectivity index (χ2n) is 5.95. The van der Waals surface area contributed by atoms with Crippen molar-refractivity contribution in [3.05, 3.63) is 56.1 Å². The van der Waals surface area contributed by atoms with Gasteiger partial charge in [-0.3, -0.25) is 9.78 Å². The first-order chi connectivity index (χ1) is 12.6. The molecule has 0 fully saturated rings. The quantitative estimate of drug-likeness (QED) is 0.566. The maximum absolute atomic E-state index is 11.9. The summed E-state index contributed by atoms with van der Waals surface area (Å²) in [6.45, 7) is 0.756. The Hall–Kier alpha value is -2.38. The van der Waals surface area contributed by atoms with Gasteiger partial charge in [0.05, 0.1) is 6.61 Å². The van der Waals surface area contributed by atoms with Crippen molar-refractivity contribution in [2.45, 2.75) is 31.1 Å². The molecule has 0 aromatic heterocycles. The molecule has 7 nitrogen and oxygen atoms in total. The highest BCUT2D eigenvalue weighted by Gasteiger charge is 2.22. The van der Waals surface area contributed by atoms with Gasteiger partial charge in [-0.2, -0.15) is 4.98 Å². The number of ether oxygens (including phenoxy) is 1. The van der Waals surface area contributed by atoms with E-state index in [4.69, 9.17) is 25.9 Å². The van der Waals surface area contributed by atoms with Crippen molar-refractivity contribution in [1.82, 2.24) is 9.97 Å². The first-order valence-electron chi connectivity index (χ1n) is 8.44. The van der Waals surface area contributed by atoms with Crippen LogP contribution >= 0.6 is 11.6 Å². The van der Waals surface area contributed by atoms with Crippen LogP contribution in [-0.4, -0.2) is 28.3 Å². The summed E-state index contributed by atoms with van der Waals surface area (Å²) in [4.78, 5) is 29.1. The Morgan fingerprint density at radius 1 is 1.23 bits per heavy atom. The average Bonchev–Trinajstić information content (AvgIpc) is 2.76. The third-order valence-corrected chi connectivity index (χ3v) is 4.32. The van der Waals surface area contributed by atoms with Gasteiger partial charge >= 0.3 is 5.69 Å². The van der Waals surface area contributed by atoms with E-state index >= 15 is 0 Å². The normalized spacial score (nSPS) is 16.2.